The molecule has 0 radical (unpaired) electrons. The van der Waals surface area contributed by atoms with Crippen LogP contribution in [0.2, 0.25) is 0 Å². The number of benzene rings is 2. The van der Waals surface area contributed by atoms with Crippen LogP contribution in [0, 0.1) is 5.92 Å². The highest BCUT2D eigenvalue weighted by atomic mass is 35.5. The first kappa shape index (κ1) is 26.6. The van der Waals surface area contributed by atoms with Crippen molar-refractivity contribution in [3.8, 4) is 0 Å². The van der Waals surface area contributed by atoms with Crippen LogP contribution in [0.4, 0.5) is 11.4 Å². The van der Waals surface area contributed by atoms with Crippen molar-refractivity contribution in [1.82, 2.24) is 10.2 Å². The van der Waals surface area contributed by atoms with Gasteiger partial charge in [0.1, 0.15) is 0 Å². The van der Waals surface area contributed by atoms with Crippen LogP contribution in [0.3, 0.4) is 0 Å². The van der Waals surface area contributed by atoms with E-state index in [2.05, 4.69) is 92.2 Å². The highest BCUT2D eigenvalue weighted by molar-refractivity contribution is 7.99. The standard InChI is InChI=1S/C26H37N3OS.ClH/c1-6-28(7-2)18-20(5)29-22-10-8-9-11-24(22)31-25-13-12-21(16-23(25)29)17-26(30)27-15-14-19(3)4;/h8-13,16,19-20H,6-7,14-15,17-18H2,1-5H3,(H,27,30);1H. The Balaban J connectivity index is 0.00000363. The van der Waals surface area contributed by atoms with E-state index in [4.69, 9.17) is 0 Å². The number of carbonyl (C=O) groups is 1. The average molecular weight is 476 g/mol. The second-order valence-corrected chi connectivity index (χ2v) is 9.87. The Morgan fingerprint density at radius 2 is 1.72 bits per heavy atom. The van der Waals surface area contributed by atoms with Crippen LogP contribution in [0.15, 0.2) is 52.3 Å². The van der Waals surface area contributed by atoms with E-state index in [1.165, 1.54) is 21.2 Å². The van der Waals surface area contributed by atoms with Gasteiger partial charge in [0.2, 0.25) is 5.91 Å². The molecule has 1 aliphatic rings. The van der Waals surface area contributed by atoms with E-state index in [-0.39, 0.29) is 18.3 Å². The summed E-state index contributed by atoms with van der Waals surface area (Å²) in [4.78, 5) is 20.0. The molecule has 1 heterocycles. The molecule has 1 amide bonds. The number of carbonyl (C=O) groups excluding carboxylic acids is 1. The molecule has 1 atom stereocenters. The number of hydrogen-bond acceptors (Lipinski definition) is 4. The molecule has 2 aromatic carbocycles. The second kappa shape index (κ2) is 12.5. The fourth-order valence-corrected chi connectivity index (χ4v) is 5.15. The molecule has 2 aromatic rings. The normalized spacial score (nSPS) is 13.4. The minimum atomic E-state index is 0. The Morgan fingerprint density at radius 1 is 1.03 bits per heavy atom. The molecule has 6 heteroatoms. The number of likely N-dealkylation sites (N-methyl/N-ethyl adjacent to an activating group) is 1. The molecule has 0 spiro atoms. The number of amides is 1. The molecule has 0 saturated carbocycles. The summed E-state index contributed by atoms with van der Waals surface area (Å²) in [5.41, 5.74) is 3.55. The van der Waals surface area contributed by atoms with Crippen molar-refractivity contribution in [3.05, 3.63) is 48.0 Å². The van der Waals surface area contributed by atoms with Crippen LogP contribution in [-0.2, 0) is 11.2 Å². The van der Waals surface area contributed by atoms with E-state index in [0.717, 1.165) is 38.2 Å². The van der Waals surface area contributed by atoms with Gasteiger partial charge in [0.05, 0.1) is 17.8 Å². The molecule has 32 heavy (non-hydrogen) atoms. The van der Waals surface area contributed by atoms with Gasteiger partial charge in [-0.25, -0.2) is 0 Å². The number of halogens is 1. The van der Waals surface area contributed by atoms with Crippen LogP contribution in [0.25, 0.3) is 0 Å². The van der Waals surface area contributed by atoms with E-state index in [9.17, 15) is 4.79 Å². The lowest BCUT2D eigenvalue weighted by molar-refractivity contribution is -0.120. The monoisotopic (exact) mass is 475 g/mol. The molecule has 1 N–H and O–H groups in total. The fraction of sp³-hybridized carbons (Fsp3) is 0.500. The van der Waals surface area contributed by atoms with Gasteiger partial charge >= 0.3 is 0 Å². The Labute approximate surface area is 204 Å². The zero-order valence-electron chi connectivity index (χ0n) is 20.1. The number of para-hydroxylation sites is 1. The predicted molar refractivity (Wildman–Crippen MR) is 140 cm³/mol. The summed E-state index contributed by atoms with van der Waals surface area (Å²) < 4.78 is 0. The van der Waals surface area contributed by atoms with Gasteiger partial charge in [-0.1, -0.05) is 57.7 Å². The molecule has 3 rings (SSSR count). The van der Waals surface area contributed by atoms with E-state index >= 15 is 0 Å². The number of nitrogens with one attached hydrogen (secondary N) is 1. The summed E-state index contributed by atoms with van der Waals surface area (Å²) >= 11 is 1.82. The summed E-state index contributed by atoms with van der Waals surface area (Å²) in [6.07, 6.45) is 1.44. The Bertz CT molecular complexity index is 885. The minimum absolute atomic E-state index is 0. The predicted octanol–water partition coefficient (Wildman–Crippen LogP) is 6.15. The Morgan fingerprint density at radius 3 is 2.41 bits per heavy atom. The molecular formula is C26H38ClN3OS. The Kier molecular flexibility index (Phi) is 10.4. The maximum atomic E-state index is 12.5. The highest BCUT2D eigenvalue weighted by Crippen LogP contribution is 2.49. The fourth-order valence-electron chi connectivity index (χ4n) is 4.10. The molecule has 1 unspecified atom stereocenters. The van der Waals surface area contributed by atoms with E-state index in [1.54, 1.807) is 0 Å². The first-order chi connectivity index (χ1) is 14.9. The molecule has 0 aromatic heterocycles. The number of fused-ring (bicyclic) bond motifs is 2. The van der Waals surface area contributed by atoms with Gasteiger partial charge in [0, 0.05) is 28.9 Å². The van der Waals surface area contributed by atoms with Crippen molar-refractivity contribution in [3.63, 3.8) is 0 Å². The van der Waals surface area contributed by atoms with Crippen molar-refractivity contribution in [2.45, 2.75) is 63.3 Å². The zero-order chi connectivity index (χ0) is 22.4. The van der Waals surface area contributed by atoms with E-state index in [0.29, 0.717) is 18.4 Å². The third kappa shape index (κ3) is 6.66. The van der Waals surface area contributed by atoms with Gasteiger partial charge < -0.3 is 15.1 Å². The lowest BCUT2D eigenvalue weighted by Gasteiger charge is -2.39. The first-order valence-corrected chi connectivity index (χ1v) is 12.4. The number of hydrogen-bond donors (Lipinski definition) is 1. The number of rotatable bonds is 10. The van der Waals surface area contributed by atoms with Gasteiger partial charge in [0.25, 0.3) is 0 Å². The molecule has 176 valence electrons. The number of anilines is 2. The molecule has 0 bridgehead atoms. The van der Waals surface area contributed by atoms with E-state index in [1.807, 2.05) is 11.8 Å². The smallest absolute Gasteiger partial charge is 0.224 e. The van der Waals surface area contributed by atoms with Crippen LogP contribution in [-0.4, -0.2) is 43.0 Å². The third-order valence-corrected chi connectivity index (χ3v) is 7.02. The van der Waals surface area contributed by atoms with Gasteiger partial charge in [-0.05, 0) is 62.2 Å². The largest absolute Gasteiger partial charge is 0.356 e. The summed E-state index contributed by atoms with van der Waals surface area (Å²) in [5, 5.41) is 3.07. The lowest BCUT2D eigenvalue weighted by Crippen LogP contribution is -2.41. The Hall–Kier alpha value is -1.69. The van der Waals surface area contributed by atoms with Crippen LogP contribution in [0.1, 0.15) is 46.6 Å². The summed E-state index contributed by atoms with van der Waals surface area (Å²) in [7, 11) is 0. The summed E-state index contributed by atoms with van der Waals surface area (Å²) in [6.45, 7) is 15.0. The minimum Gasteiger partial charge on any atom is -0.356 e. The van der Waals surface area contributed by atoms with Gasteiger partial charge in [-0.15, -0.1) is 12.4 Å². The SMILES string of the molecule is CCN(CC)CC(C)N1c2ccccc2Sc2ccc(CC(=O)NCCC(C)C)cc21.Cl. The van der Waals surface area contributed by atoms with Crippen LogP contribution in [0.5, 0.6) is 0 Å². The summed E-state index contributed by atoms with van der Waals surface area (Å²) in [5.74, 6) is 0.703. The molecule has 4 nitrogen and oxygen atoms in total. The molecule has 0 saturated heterocycles. The van der Waals surface area contributed by atoms with Crippen molar-refractivity contribution in [2.75, 3.05) is 31.1 Å². The lowest BCUT2D eigenvalue weighted by atomic mass is 10.1. The number of nitrogens with zero attached hydrogens (tertiary/aromatic N) is 2. The maximum Gasteiger partial charge on any atom is 0.224 e. The molecule has 0 aliphatic carbocycles. The van der Waals surface area contributed by atoms with Gasteiger partial charge in [-0.2, -0.15) is 0 Å². The molecular weight excluding hydrogens is 438 g/mol. The van der Waals surface area contributed by atoms with Gasteiger partial charge in [-0.3, -0.25) is 4.79 Å². The zero-order valence-corrected chi connectivity index (χ0v) is 21.7. The third-order valence-electron chi connectivity index (χ3n) is 5.89. The van der Waals surface area contributed by atoms with Crippen molar-refractivity contribution in [2.24, 2.45) is 5.92 Å². The summed E-state index contributed by atoms with van der Waals surface area (Å²) in [6, 6.07) is 15.5. The average Bonchev–Trinajstić information content (AvgIpc) is 2.75. The second-order valence-electron chi connectivity index (χ2n) is 8.79. The van der Waals surface area contributed by atoms with Crippen molar-refractivity contribution >= 4 is 41.5 Å². The molecule has 0 fully saturated rings. The quantitative estimate of drug-likeness (QED) is 0.447. The topological polar surface area (TPSA) is 35.6 Å². The van der Waals surface area contributed by atoms with Crippen LogP contribution < -0.4 is 10.2 Å². The first-order valence-electron chi connectivity index (χ1n) is 11.6. The van der Waals surface area contributed by atoms with Crippen molar-refractivity contribution < 1.29 is 4.79 Å². The van der Waals surface area contributed by atoms with Crippen molar-refractivity contribution in [1.29, 1.82) is 0 Å². The highest BCUT2D eigenvalue weighted by Gasteiger charge is 2.28. The van der Waals surface area contributed by atoms with Crippen LogP contribution >= 0.6 is 24.2 Å². The molecule has 1 aliphatic heterocycles. The van der Waals surface area contributed by atoms with E-state index < -0.39 is 0 Å². The maximum absolute atomic E-state index is 12.5. The van der Waals surface area contributed by atoms with Gasteiger partial charge in [0.15, 0.2) is 0 Å².